The number of nitrogens with one attached hydrogen (secondary N) is 1. The van der Waals surface area contributed by atoms with E-state index in [4.69, 9.17) is 4.74 Å². The van der Waals surface area contributed by atoms with Crippen molar-refractivity contribution in [1.29, 1.82) is 0 Å². The SMILES string of the molecule is CCOc1ccc(C(=O)Nc2cccc3ccccc23)cc1CN(C)S(=O)(=O)c1ccc(C)cc1. The van der Waals surface area contributed by atoms with Gasteiger partial charge in [-0.15, -0.1) is 0 Å². The van der Waals surface area contributed by atoms with Gasteiger partial charge in [0.25, 0.3) is 5.91 Å². The monoisotopic (exact) mass is 488 g/mol. The van der Waals surface area contributed by atoms with E-state index in [0.717, 1.165) is 16.3 Å². The van der Waals surface area contributed by atoms with Crippen molar-refractivity contribution in [2.24, 2.45) is 0 Å². The van der Waals surface area contributed by atoms with Crippen LogP contribution in [-0.4, -0.2) is 32.3 Å². The fourth-order valence-corrected chi connectivity index (χ4v) is 5.03. The van der Waals surface area contributed by atoms with Gasteiger partial charge in [-0.05, 0) is 55.6 Å². The number of amides is 1. The highest BCUT2D eigenvalue weighted by Crippen LogP contribution is 2.27. The van der Waals surface area contributed by atoms with Crippen LogP contribution in [0, 0.1) is 6.92 Å². The Morgan fingerprint density at radius 3 is 2.40 bits per heavy atom. The molecule has 35 heavy (non-hydrogen) atoms. The van der Waals surface area contributed by atoms with Crippen molar-refractivity contribution in [1.82, 2.24) is 4.31 Å². The van der Waals surface area contributed by atoms with E-state index in [1.54, 1.807) is 42.5 Å². The lowest BCUT2D eigenvalue weighted by Gasteiger charge is -2.20. The van der Waals surface area contributed by atoms with Gasteiger partial charge in [-0.3, -0.25) is 4.79 Å². The first kappa shape index (κ1) is 24.4. The summed E-state index contributed by atoms with van der Waals surface area (Å²) in [4.78, 5) is 13.3. The van der Waals surface area contributed by atoms with E-state index in [-0.39, 0.29) is 17.3 Å². The van der Waals surface area contributed by atoms with E-state index in [1.165, 1.54) is 11.4 Å². The number of ether oxygens (including phenoxy) is 1. The van der Waals surface area contributed by atoms with Gasteiger partial charge in [0.15, 0.2) is 0 Å². The second kappa shape index (κ2) is 10.3. The maximum atomic E-state index is 13.1. The Bertz CT molecular complexity index is 1460. The summed E-state index contributed by atoms with van der Waals surface area (Å²) < 4.78 is 33.2. The largest absolute Gasteiger partial charge is 0.494 e. The highest BCUT2D eigenvalue weighted by Gasteiger charge is 2.23. The van der Waals surface area contributed by atoms with E-state index in [0.29, 0.717) is 29.2 Å². The molecule has 0 fully saturated rings. The summed E-state index contributed by atoms with van der Waals surface area (Å²) in [6.45, 7) is 4.24. The predicted molar refractivity (Wildman–Crippen MR) is 139 cm³/mol. The van der Waals surface area contributed by atoms with Crippen LogP contribution in [0.5, 0.6) is 5.75 Å². The number of nitrogens with zero attached hydrogens (tertiary/aromatic N) is 1. The van der Waals surface area contributed by atoms with E-state index in [2.05, 4.69) is 5.32 Å². The van der Waals surface area contributed by atoms with Crippen LogP contribution in [0.25, 0.3) is 10.8 Å². The molecular weight excluding hydrogens is 460 g/mol. The van der Waals surface area contributed by atoms with Crippen molar-refractivity contribution >= 4 is 32.4 Å². The van der Waals surface area contributed by atoms with Crippen LogP contribution in [-0.2, 0) is 16.6 Å². The summed E-state index contributed by atoms with van der Waals surface area (Å²) in [5.74, 6) is 0.259. The summed E-state index contributed by atoms with van der Waals surface area (Å²) in [6.07, 6.45) is 0. The van der Waals surface area contributed by atoms with Crippen LogP contribution >= 0.6 is 0 Å². The van der Waals surface area contributed by atoms with E-state index < -0.39 is 10.0 Å². The first-order chi connectivity index (χ1) is 16.8. The lowest BCUT2D eigenvalue weighted by Crippen LogP contribution is -2.27. The Kier molecular flexibility index (Phi) is 7.19. The molecule has 4 aromatic carbocycles. The molecule has 0 bridgehead atoms. The normalized spacial score (nSPS) is 11.5. The Morgan fingerprint density at radius 2 is 1.66 bits per heavy atom. The van der Waals surface area contributed by atoms with Gasteiger partial charge in [0.2, 0.25) is 10.0 Å². The van der Waals surface area contributed by atoms with Crippen molar-refractivity contribution in [2.45, 2.75) is 25.3 Å². The zero-order valence-corrected chi connectivity index (χ0v) is 20.8. The minimum Gasteiger partial charge on any atom is -0.494 e. The third kappa shape index (κ3) is 5.37. The average Bonchev–Trinajstić information content (AvgIpc) is 2.85. The highest BCUT2D eigenvalue weighted by atomic mass is 32.2. The molecule has 0 heterocycles. The smallest absolute Gasteiger partial charge is 0.255 e. The maximum Gasteiger partial charge on any atom is 0.255 e. The molecule has 0 radical (unpaired) electrons. The topological polar surface area (TPSA) is 75.7 Å². The van der Waals surface area contributed by atoms with E-state index in [9.17, 15) is 13.2 Å². The van der Waals surface area contributed by atoms with Gasteiger partial charge in [-0.25, -0.2) is 8.42 Å². The van der Waals surface area contributed by atoms with Crippen molar-refractivity contribution in [3.63, 3.8) is 0 Å². The molecule has 6 nitrogen and oxygen atoms in total. The summed E-state index contributed by atoms with van der Waals surface area (Å²) >= 11 is 0. The molecule has 0 aliphatic carbocycles. The first-order valence-electron chi connectivity index (χ1n) is 11.4. The number of benzene rings is 4. The van der Waals surface area contributed by atoms with E-state index in [1.807, 2.05) is 56.3 Å². The Labute approximate surface area is 206 Å². The molecule has 0 saturated carbocycles. The van der Waals surface area contributed by atoms with Gasteiger partial charge in [-0.2, -0.15) is 4.31 Å². The second-order valence-electron chi connectivity index (χ2n) is 8.31. The molecule has 0 aliphatic rings. The standard InChI is InChI=1S/C28H28N2O4S/c1-4-34-27-17-14-22(28(31)29-26-11-7-9-21-8-5-6-10-25(21)26)18-23(27)19-30(3)35(32,33)24-15-12-20(2)13-16-24/h5-18H,4,19H2,1-3H3,(H,29,31). The maximum absolute atomic E-state index is 13.1. The van der Waals surface area contributed by atoms with Crippen LogP contribution in [0.3, 0.4) is 0 Å². The van der Waals surface area contributed by atoms with Crippen LogP contribution < -0.4 is 10.1 Å². The molecule has 0 saturated heterocycles. The van der Waals surface area contributed by atoms with Crippen molar-refractivity contribution < 1.29 is 17.9 Å². The Hall–Kier alpha value is -3.68. The van der Waals surface area contributed by atoms with Gasteiger partial charge in [0, 0.05) is 35.8 Å². The molecule has 180 valence electrons. The lowest BCUT2D eigenvalue weighted by atomic mass is 10.1. The second-order valence-corrected chi connectivity index (χ2v) is 10.4. The predicted octanol–water partition coefficient (Wildman–Crippen LogP) is 5.62. The third-order valence-electron chi connectivity index (χ3n) is 5.78. The van der Waals surface area contributed by atoms with Gasteiger partial charge in [0.05, 0.1) is 11.5 Å². The molecular formula is C28H28N2O4S. The summed E-state index contributed by atoms with van der Waals surface area (Å²) in [7, 11) is -2.19. The Balaban J connectivity index is 1.62. The molecule has 7 heteroatoms. The van der Waals surface area contributed by atoms with Crippen LogP contribution in [0.15, 0.2) is 89.8 Å². The molecule has 4 aromatic rings. The summed E-state index contributed by atoms with van der Waals surface area (Å²) in [5.41, 5.74) is 2.71. The fraction of sp³-hybridized carbons (Fsp3) is 0.179. The highest BCUT2D eigenvalue weighted by molar-refractivity contribution is 7.89. The quantitative estimate of drug-likeness (QED) is 0.349. The van der Waals surface area contributed by atoms with Crippen molar-refractivity contribution in [3.8, 4) is 5.75 Å². The zero-order chi connectivity index (χ0) is 25.0. The Morgan fingerprint density at radius 1 is 0.943 bits per heavy atom. The van der Waals surface area contributed by atoms with Gasteiger partial charge >= 0.3 is 0 Å². The van der Waals surface area contributed by atoms with Crippen LogP contribution in [0.4, 0.5) is 5.69 Å². The lowest BCUT2D eigenvalue weighted by molar-refractivity contribution is 0.102. The van der Waals surface area contributed by atoms with Crippen LogP contribution in [0.1, 0.15) is 28.4 Å². The number of aryl methyl sites for hydroxylation is 1. The minimum atomic E-state index is -3.71. The van der Waals surface area contributed by atoms with Crippen LogP contribution in [0.2, 0.25) is 0 Å². The number of hydrogen-bond acceptors (Lipinski definition) is 4. The summed E-state index contributed by atoms with van der Waals surface area (Å²) in [5, 5.41) is 4.95. The molecule has 4 rings (SSSR count). The minimum absolute atomic E-state index is 0.0565. The van der Waals surface area contributed by atoms with Gasteiger partial charge in [0.1, 0.15) is 5.75 Å². The number of rotatable bonds is 8. The number of hydrogen-bond donors (Lipinski definition) is 1. The number of anilines is 1. The average molecular weight is 489 g/mol. The molecule has 0 unspecified atom stereocenters. The fourth-order valence-electron chi connectivity index (χ4n) is 3.88. The van der Waals surface area contributed by atoms with Gasteiger partial charge < -0.3 is 10.1 Å². The molecule has 0 aliphatic heterocycles. The number of carbonyl (C=O) groups is 1. The molecule has 0 atom stereocenters. The van der Waals surface area contributed by atoms with Crippen molar-refractivity contribution in [3.05, 3.63) is 102 Å². The number of sulfonamides is 1. The molecule has 1 N–H and O–H groups in total. The molecule has 1 amide bonds. The molecule has 0 spiro atoms. The molecule has 0 aromatic heterocycles. The number of carbonyl (C=O) groups excluding carboxylic acids is 1. The van der Waals surface area contributed by atoms with Crippen molar-refractivity contribution in [2.75, 3.05) is 19.0 Å². The first-order valence-corrected chi connectivity index (χ1v) is 12.8. The zero-order valence-electron chi connectivity index (χ0n) is 20.0. The number of fused-ring (bicyclic) bond motifs is 1. The summed E-state index contributed by atoms with van der Waals surface area (Å²) in [6, 6.07) is 25.4. The van der Waals surface area contributed by atoms with Gasteiger partial charge in [-0.1, -0.05) is 54.1 Å². The van der Waals surface area contributed by atoms with E-state index >= 15 is 0 Å². The third-order valence-corrected chi connectivity index (χ3v) is 7.60.